The molecule has 0 spiro atoms. The third kappa shape index (κ3) is 4.51. The van der Waals surface area contributed by atoms with Gasteiger partial charge in [-0.15, -0.1) is 11.8 Å². The lowest BCUT2D eigenvalue weighted by Gasteiger charge is -2.12. The molecule has 1 aromatic rings. The summed E-state index contributed by atoms with van der Waals surface area (Å²) in [6.07, 6.45) is 3.62. The van der Waals surface area contributed by atoms with Gasteiger partial charge in [-0.2, -0.15) is 0 Å². The lowest BCUT2D eigenvalue weighted by molar-refractivity contribution is -0.135. The predicted octanol–water partition coefficient (Wildman–Crippen LogP) is 2.36. The van der Waals surface area contributed by atoms with E-state index in [1.54, 1.807) is 18.2 Å². The van der Waals surface area contributed by atoms with Gasteiger partial charge < -0.3 is 24.3 Å². The van der Waals surface area contributed by atoms with Crippen molar-refractivity contribution in [3.8, 4) is 17.2 Å². The Morgan fingerprint density at radius 2 is 1.73 bits per heavy atom. The molecule has 1 amide bonds. The summed E-state index contributed by atoms with van der Waals surface area (Å²) in [4.78, 5) is 24.3. The van der Waals surface area contributed by atoms with E-state index in [1.807, 2.05) is 0 Å². The minimum absolute atomic E-state index is 0.336. The maximum Gasteiger partial charge on any atom is 0.346 e. The van der Waals surface area contributed by atoms with E-state index in [2.05, 4.69) is 5.32 Å². The highest BCUT2D eigenvalue weighted by atomic mass is 32.2. The van der Waals surface area contributed by atoms with Crippen molar-refractivity contribution in [1.29, 1.82) is 0 Å². The van der Waals surface area contributed by atoms with Gasteiger partial charge in [-0.1, -0.05) is 0 Å². The molecule has 0 fully saturated rings. The Hall–Kier alpha value is -2.61. The van der Waals surface area contributed by atoms with Gasteiger partial charge in [-0.3, -0.25) is 4.79 Å². The first-order chi connectivity index (χ1) is 12.5. The van der Waals surface area contributed by atoms with Gasteiger partial charge in [0, 0.05) is 17.5 Å². The number of benzene rings is 1. The first kappa shape index (κ1) is 19.7. The molecular weight excluding hydrogens is 358 g/mol. The molecule has 0 unspecified atom stereocenters. The number of esters is 1. The molecule has 0 saturated heterocycles. The smallest absolute Gasteiger partial charge is 0.346 e. The quantitative estimate of drug-likeness (QED) is 0.575. The largest absolute Gasteiger partial charge is 0.493 e. The van der Waals surface area contributed by atoms with Gasteiger partial charge in [0.05, 0.1) is 28.4 Å². The van der Waals surface area contributed by atoms with Crippen molar-refractivity contribution in [2.75, 3.05) is 34.2 Å². The third-order valence-electron chi connectivity index (χ3n) is 3.63. The van der Waals surface area contributed by atoms with E-state index in [0.717, 1.165) is 5.75 Å². The van der Waals surface area contributed by atoms with Crippen LogP contribution < -0.4 is 19.5 Å². The van der Waals surface area contributed by atoms with E-state index in [9.17, 15) is 9.59 Å². The van der Waals surface area contributed by atoms with Crippen LogP contribution in [0.3, 0.4) is 0 Å². The van der Waals surface area contributed by atoms with Gasteiger partial charge in [-0.25, -0.2) is 4.79 Å². The van der Waals surface area contributed by atoms with Gasteiger partial charge >= 0.3 is 5.97 Å². The molecule has 2 rings (SSSR count). The molecule has 1 aliphatic heterocycles. The highest BCUT2D eigenvalue weighted by molar-refractivity contribution is 8.04. The van der Waals surface area contributed by atoms with Crippen molar-refractivity contribution >= 4 is 29.7 Å². The standard InChI is InChI=1S/C18H21NO6S/c1-22-13-9-11(10-14(23-2)16(13)24-3)5-6-15(20)19-12-7-8-26-17(12)18(21)25-4/h5-6,9-10H,7-8H2,1-4H3,(H,19,20)/b6-5+. The van der Waals surface area contributed by atoms with Crippen LogP contribution in [0.1, 0.15) is 12.0 Å². The first-order valence-electron chi connectivity index (χ1n) is 7.77. The van der Waals surface area contributed by atoms with E-state index >= 15 is 0 Å². The lowest BCUT2D eigenvalue weighted by Crippen LogP contribution is -2.21. The summed E-state index contributed by atoms with van der Waals surface area (Å²) in [5.74, 6) is 1.43. The second-order valence-corrected chi connectivity index (χ2v) is 6.28. The summed E-state index contributed by atoms with van der Waals surface area (Å²) < 4.78 is 20.6. The topological polar surface area (TPSA) is 83.1 Å². The van der Waals surface area contributed by atoms with Crippen LogP contribution >= 0.6 is 11.8 Å². The summed E-state index contributed by atoms with van der Waals surface area (Å²) in [7, 11) is 5.89. The number of amides is 1. The number of methoxy groups -OCH3 is 4. The number of carbonyl (C=O) groups is 2. The van der Waals surface area contributed by atoms with Crippen LogP contribution in [0.4, 0.5) is 0 Å². The number of hydrogen-bond donors (Lipinski definition) is 1. The number of thioether (sulfide) groups is 1. The van der Waals surface area contributed by atoms with Crippen LogP contribution in [0.5, 0.6) is 17.2 Å². The molecule has 0 radical (unpaired) electrons. The Kier molecular flexibility index (Phi) is 6.97. The fraction of sp³-hybridized carbons (Fsp3) is 0.333. The molecule has 0 atom stereocenters. The summed E-state index contributed by atoms with van der Waals surface area (Å²) in [5, 5.41) is 2.74. The fourth-order valence-corrected chi connectivity index (χ4v) is 3.45. The number of rotatable bonds is 7. The second-order valence-electron chi connectivity index (χ2n) is 5.18. The number of nitrogens with one attached hydrogen (secondary N) is 1. The minimum atomic E-state index is -0.434. The van der Waals surface area contributed by atoms with Crippen LogP contribution in [0.2, 0.25) is 0 Å². The molecule has 0 saturated carbocycles. The van der Waals surface area contributed by atoms with Crippen LogP contribution in [0.15, 0.2) is 28.8 Å². The number of hydrogen-bond acceptors (Lipinski definition) is 7. The second kappa shape index (κ2) is 9.19. The zero-order valence-corrected chi connectivity index (χ0v) is 15.9. The van der Waals surface area contributed by atoms with E-state index < -0.39 is 5.97 Å². The van der Waals surface area contributed by atoms with E-state index in [4.69, 9.17) is 18.9 Å². The fourth-order valence-electron chi connectivity index (χ4n) is 2.41. The highest BCUT2D eigenvalue weighted by Crippen LogP contribution is 2.38. The average molecular weight is 379 g/mol. The first-order valence-corrected chi connectivity index (χ1v) is 8.76. The maximum atomic E-state index is 12.2. The molecule has 1 heterocycles. The van der Waals surface area contributed by atoms with Crippen LogP contribution in [0, 0.1) is 0 Å². The lowest BCUT2D eigenvalue weighted by atomic mass is 10.1. The third-order valence-corrected chi connectivity index (χ3v) is 4.74. The van der Waals surface area contributed by atoms with Crippen LogP contribution in [-0.2, 0) is 14.3 Å². The van der Waals surface area contributed by atoms with Crippen molar-refractivity contribution in [3.05, 3.63) is 34.4 Å². The maximum absolute atomic E-state index is 12.2. The molecular formula is C18H21NO6S. The van der Waals surface area contributed by atoms with Crippen LogP contribution in [0.25, 0.3) is 6.08 Å². The SMILES string of the molecule is COC(=O)C1=C(NC(=O)/C=C/c2cc(OC)c(OC)c(OC)c2)CCS1. The molecule has 7 nitrogen and oxygen atoms in total. The Labute approximate surface area is 156 Å². The monoisotopic (exact) mass is 379 g/mol. The van der Waals surface area contributed by atoms with Gasteiger partial charge in [0.2, 0.25) is 11.7 Å². The van der Waals surface area contributed by atoms with Crippen molar-refractivity contribution in [2.24, 2.45) is 0 Å². The molecule has 8 heteroatoms. The Balaban J connectivity index is 2.16. The van der Waals surface area contributed by atoms with E-state index in [-0.39, 0.29) is 5.91 Å². The van der Waals surface area contributed by atoms with E-state index in [0.29, 0.717) is 39.8 Å². The summed E-state index contributed by atoms with van der Waals surface area (Å²) in [6, 6.07) is 3.46. The summed E-state index contributed by atoms with van der Waals surface area (Å²) in [5.41, 5.74) is 1.29. The van der Waals surface area contributed by atoms with Crippen molar-refractivity contribution in [2.45, 2.75) is 6.42 Å². The Morgan fingerprint density at radius 3 is 2.27 bits per heavy atom. The normalized spacial score (nSPS) is 13.7. The van der Waals surface area contributed by atoms with Crippen LogP contribution in [-0.4, -0.2) is 46.1 Å². The zero-order valence-electron chi connectivity index (χ0n) is 15.1. The van der Waals surface area contributed by atoms with Crippen molar-refractivity contribution in [1.82, 2.24) is 5.32 Å². The molecule has 0 aromatic heterocycles. The molecule has 26 heavy (non-hydrogen) atoms. The highest BCUT2D eigenvalue weighted by Gasteiger charge is 2.23. The Bertz CT molecular complexity index is 731. The number of ether oxygens (including phenoxy) is 4. The molecule has 1 aliphatic rings. The summed E-state index contributed by atoms with van der Waals surface area (Å²) in [6.45, 7) is 0. The summed E-state index contributed by atoms with van der Waals surface area (Å²) >= 11 is 1.37. The Morgan fingerprint density at radius 1 is 1.08 bits per heavy atom. The predicted molar refractivity (Wildman–Crippen MR) is 99.4 cm³/mol. The average Bonchev–Trinajstić information content (AvgIpc) is 3.12. The molecule has 0 bridgehead atoms. The molecule has 0 aliphatic carbocycles. The van der Waals surface area contributed by atoms with Crippen molar-refractivity contribution in [3.63, 3.8) is 0 Å². The zero-order chi connectivity index (χ0) is 19.1. The molecule has 1 aromatic carbocycles. The van der Waals surface area contributed by atoms with Gasteiger partial charge in [-0.05, 0) is 30.2 Å². The van der Waals surface area contributed by atoms with Gasteiger partial charge in [0.15, 0.2) is 11.5 Å². The number of carbonyl (C=O) groups excluding carboxylic acids is 2. The molecule has 140 valence electrons. The van der Waals surface area contributed by atoms with Crippen molar-refractivity contribution < 1.29 is 28.5 Å². The van der Waals surface area contributed by atoms with E-state index in [1.165, 1.54) is 46.3 Å². The van der Waals surface area contributed by atoms with Gasteiger partial charge in [0.1, 0.15) is 4.91 Å². The van der Waals surface area contributed by atoms with Gasteiger partial charge in [0.25, 0.3) is 0 Å². The minimum Gasteiger partial charge on any atom is -0.493 e. The number of allylic oxidation sites excluding steroid dienone is 1. The molecule has 1 N–H and O–H groups in total.